The molecule has 0 saturated heterocycles. The zero-order chi connectivity index (χ0) is 12.1. The lowest BCUT2D eigenvalue weighted by Crippen LogP contribution is -1.92. The maximum Gasteiger partial charge on any atom is 0.100 e. The summed E-state index contributed by atoms with van der Waals surface area (Å²) in [7, 11) is 0. The Hall–Kier alpha value is -2.69. The lowest BCUT2D eigenvalue weighted by Gasteiger charge is -2.02. The van der Waals surface area contributed by atoms with E-state index in [1.165, 1.54) is 0 Å². The predicted octanol–water partition coefficient (Wildman–Crippen LogP) is 2.24. The number of anilines is 1. The number of hydrogen-bond acceptors (Lipinski definition) is 4. The highest BCUT2D eigenvalue weighted by atomic mass is 14.8. The van der Waals surface area contributed by atoms with Crippen LogP contribution in [0.25, 0.3) is 32.8 Å². The van der Waals surface area contributed by atoms with Crippen LogP contribution in [0.2, 0.25) is 0 Å². The number of nitrogens with two attached hydrogens (primary N) is 1. The van der Waals surface area contributed by atoms with E-state index in [1.807, 2.05) is 12.1 Å². The van der Waals surface area contributed by atoms with Gasteiger partial charge >= 0.3 is 0 Å². The summed E-state index contributed by atoms with van der Waals surface area (Å²) in [6.07, 6.45) is 7.00. The van der Waals surface area contributed by atoms with Crippen LogP contribution in [0.15, 0.2) is 36.9 Å². The summed E-state index contributed by atoms with van der Waals surface area (Å²) < 4.78 is 0. The van der Waals surface area contributed by atoms with Gasteiger partial charge in [-0.3, -0.25) is 9.97 Å². The van der Waals surface area contributed by atoms with Crippen molar-refractivity contribution in [3.05, 3.63) is 36.9 Å². The van der Waals surface area contributed by atoms with Gasteiger partial charge in [-0.25, -0.2) is 4.98 Å². The molecule has 4 heterocycles. The molecule has 0 amide bonds. The summed E-state index contributed by atoms with van der Waals surface area (Å²) in [5, 5.41) is 1.85. The number of nitrogens with zero attached hydrogens (tertiary/aromatic N) is 3. The molecule has 0 aliphatic heterocycles. The molecule has 0 aliphatic carbocycles. The number of aromatic nitrogens is 4. The first kappa shape index (κ1) is 9.35. The Morgan fingerprint density at radius 2 is 1.78 bits per heavy atom. The Morgan fingerprint density at radius 3 is 2.67 bits per heavy atom. The largest absolute Gasteiger partial charge is 0.396 e. The molecule has 0 bridgehead atoms. The van der Waals surface area contributed by atoms with Crippen LogP contribution < -0.4 is 5.73 Å². The lowest BCUT2D eigenvalue weighted by molar-refractivity contribution is 1.34. The summed E-state index contributed by atoms with van der Waals surface area (Å²) in [6, 6.07) is 3.78. The highest BCUT2D eigenvalue weighted by molar-refractivity contribution is 6.14. The molecule has 0 aromatic carbocycles. The zero-order valence-electron chi connectivity index (χ0n) is 9.38. The van der Waals surface area contributed by atoms with Gasteiger partial charge in [0, 0.05) is 35.6 Å². The molecule has 0 unspecified atom stereocenters. The molecule has 4 aromatic rings. The Balaban J connectivity index is 2.33. The summed E-state index contributed by atoms with van der Waals surface area (Å²) in [6.45, 7) is 0. The fourth-order valence-corrected chi connectivity index (χ4v) is 2.28. The summed E-state index contributed by atoms with van der Waals surface area (Å²) in [4.78, 5) is 16.1. The summed E-state index contributed by atoms with van der Waals surface area (Å²) in [5.41, 5.74) is 10.4. The third-order valence-corrected chi connectivity index (χ3v) is 3.16. The summed E-state index contributed by atoms with van der Waals surface area (Å²) in [5.74, 6) is 0. The minimum atomic E-state index is 0.680. The standard InChI is InChI=1S/C13H9N5/c14-11-7-5-15-3-1-9(7)17-12-8-6-16-4-2-10(8)18-13(11)12/h1-6,18H,(H2,14,17). The SMILES string of the molecule is Nc1c2cnccc2nc2c1[nH]c1ccncc12. The number of pyridine rings is 3. The molecular weight excluding hydrogens is 226 g/mol. The number of nitrogen functional groups attached to an aromatic ring is 1. The van der Waals surface area contributed by atoms with Crippen molar-refractivity contribution < 1.29 is 0 Å². The van der Waals surface area contributed by atoms with Gasteiger partial charge in [-0.1, -0.05) is 0 Å². The Kier molecular flexibility index (Phi) is 1.64. The van der Waals surface area contributed by atoms with E-state index in [1.54, 1.807) is 24.8 Å². The van der Waals surface area contributed by atoms with E-state index in [-0.39, 0.29) is 0 Å². The average Bonchev–Trinajstić information content (AvgIpc) is 2.79. The fourth-order valence-electron chi connectivity index (χ4n) is 2.28. The van der Waals surface area contributed by atoms with Crippen molar-refractivity contribution in [1.29, 1.82) is 0 Å². The topological polar surface area (TPSA) is 80.5 Å². The Labute approximate surface area is 102 Å². The number of hydrogen-bond donors (Lipinski definition) is 2. The van der Waals surface area contributed by atoms with Crippen LogP contribution in [-0.4, -0.2) is 19.9 Å². The molecule has 18 heavy (non-hydrogen) atoms. The van der Waals surface area contributed by atoms with Gasteiger partial charge < -0.3 is 10.7 Å². The van der Waals surface area contributed by atoms with Gasteiger partial charge in [-0.2, -0.15) is 0 Å². The first-order valence-electron chi connectivity index (χ1n) is 5.59. The molecule has 5 nitrogen and oxygen atoms in total. The monoisotopic (exact) mass is 235 g/mol. The maximum atomic E-state index is 6.19. The third kappa shape index (κ3) is 1.08. The average molecular weight is 235 g/mol. The Morgan fingerprint density at radius 1 is 1.00 bits per heavy atom. The van der Waals surface area contributed by atoms with E-state index < -0.39 is 0 Å². The molecule has 0 atom stereocenters. The van der Waals surface area contributed by atoms with Crippen LogP contribution in [0.5, 0.6) is 0 Å². The smallest absolute Gasteiger partial charge is 0.100 e. The van der Waals surface area contributed by atoms with E-state index >= 15 is 0 Å². The van der Waals surface area contributed by atoms with E-state index in [0.717, 1.165) is 32.8 Å². The molecule has 4 rings (SSSR count). The molecule has 0 fully saturated rings. The molecule has 5 heteroatoms. The van der Waals surface area contributed by atoms with E-state index in [9.17, 15) is 0 Å². The molecule has 86 valence electrons. The molecule has 0 saturated carbocycles. The van der Waals surface area contributed by atoms with Crippen LogP contribution >= 0.6 is 0 Å². The second-order valence-electron chi connectivity index (χ2n) is 4.19. The number of nitrogens with one attached hydrogen (secondary N) is 1. The highest BCUT2D eigenvalue weighted by Crippen LogP contribution is 2.31. The van der Waals surface area contributed by atoms with Gasteiger partial charge in [0.15, 0.2) is 0 Å². The van der Waals surface area contributed by atoms with Crippen LogP contribution in [0.4, 0.5) is 5.69 Å². The van der Waals surface area contributed by atoms with Crippen LogP contribution in [-0.2, 0) is 0 Å². The first-order chi connectivity index (χ1) is 8.84. The van der Waals surface area contributed by atoms with Gasteiger partial charge in [0.05, 0.1) is 22.2 Å². The van der Waals surface area contributed by atoms with Gasteiger partial charge in [0.25, 0.3) is 0 Å². The third-order valence-electron chi connectivity index (χ3n) is 3.16. The zero-order valence-corrected chi connectivity index (χ0v) is 9.38. The molecule has 0 aliphatic rings. The molecular formula is C13H9N5. The van der Waals surface area contributed by atoms with Crippen molar-refractivity contribution in [3.8, 4) is 0 Å². The normalized spacial score (nSPS) is 11.6. The van der Waals surface area contributed by atoms with E-state index in [0.29, 0.717) is 5.69 Å². The maximum absolute atomic E-state index is 6.19. The fraction of sp³-hybridized carbons (Fsp3) is 0. The quantitative estimate of drug-likeness (QED) is 0.489. The molecule has 0 radical (unpaired) electrons. The van der Waals surface area contributed by atoms with Gasteiger partial charge in [-0.15, -0.1) is 0 Å². The van der Waals surface area contributed by atoms with Crippen LogP contribution in [0, 0.1) is 0 Å². The van der Waals surface area contributed by atoms with Gasteiger partial charge in [0.1, 0.15) is 5.52 Å². The number of H-pyrrole nitrogens is 1. The first-order valence-corrected chi connectivity index (χ1v) is 5.59. The Bertz CT molecular complexity index is 894. The van der Waals surface area contributed by atoms with Crippen LogP contribution in [0.1, 0.15) is 0 Å². The van der Waals surface area contributed by atoms with E-state index in [2.05, 4.69) is 19.9 Å². The van der Waals surface area contributed by atoms with Crippen molar-refractivity contribution in [2.75, 3.05) is 5.73 Å². The molecule has 4 aromatic heterocycles. The minimum Gasteiger partial charge on any atom is -0.396 e. The number of rotatable bonds is 0. The minimum absolute atomic E-state index is 0.680. The number of fused-ring (bicyclic) bond motifs is 4. The molecule has 3 N–H and O–H groups in total. The van der Waals surface area contributed by atoms with Crippen molar-refractivity contribution >= 4 is 38.5 Å². The van der Waals surface area contributed by atoms with Crippen molar-refractivity contribution in [2.24, 2.45) is 0 Å². The number of aromatic amines is 1. The summed E-state index contributed by atoms with van der Waals surface area (Å²) >= 11 is 0. The lowest BCUT2D eigenvalue weighted by atomic mass is 10.2. The second kappa shape index (κ2) is 3.16. The van der Waals surface area contributed by atoms with Crippen molar-refractivity contribution in [2.45, 2.75) is 0 Å². The van der Waals surface area contributed by atoms with E-state index in [4.69, 9.17) is 5.73 Å². The van der Waals surface area contributed by atoms with Gasteiger partial charge in [0.2, 0.25) is 0 Å². The van der Waals surface area contributed by atoms with Crippen LogP contribution in [0.3, 0.4) is 0 Å². The van der Waals surface area contributed by atoms with Crippen molar-refractivity contribution in [3.63, 3.8) is 0 Å². The second-order valence-corrected chi connectivity index (χ2v) is 4.19. The predicted molar refractivity (Wildman–Crippen MR) is 71.1 cm³/mol. The highest BCUT2D eigenvalue weighted by Gasteiger charge is 2.11. The van der Waals surface area contributed by atoms with Crippen molar-refractivity contribution in [1.82, 2.24) is 19.9 Å². The molecule has 0 spiro atoms. The van der Waals surface area contributed by atoms with Gasteiger partial charge in [-0.05, 0) is 12.1 Å².